The standard InChI is InChI=1S/C16H21Cl2N3/c1-10-3-4-13(7-11(10)2)21-15(5-6-17)20-14-8-12(18)9-19-16(14)21/h8-11,13H,3-7H2,1-2H3. The third kappa shape index (κ3) is 2.91. The zero-order valence-electron chi connectivity index (χ0n) is 12.5. The number of nitrogens with zero attached hydrogens (tertiary/aromatic N) is 3. The maximum Gasteiger partial charge on any atom is 0.160 e. The summed E-state index contributed by atoms with van der Waals surface area (Å²) in [6.45, 7) is 4.70. The van der Waals surface area contributed by atoms with E-state index in [0.717, 1.165) is 35.2 Å². The fourth-order valence-corrected chi connectivity index (χ4v) is 3.72. The van der Waals surface area contributed by atoms with Gasteiger partial charge in [0, 0.05) is 24.5 Å². The zero-order valence-corrected chi connectivity index (χ0v) is 14.0. The van der Waals surface area contributed by atoms with E-state index in [1.807, 2.05) is 6.07 Å². The summed E-state index contributed by atoms with van der Waals surface area (Å²) in [7, 11) is 0. The van der Waals surface area contributed by atoms with Crippen LogP contribution in [0.3, 0.4) is 0 Å². The van der Waals surface area contributed by atoms with Crippen molar-refractivity contribution in [2.45, 2.75) is 45.6 Å². The molecule has 0 bridgehead atoms. The molecule has 3 unspecified atom stereocenters. The predicted octanol–water partition coefficient (Wildman–Crippen LogP) is 4.86. The SMILES string of the molecule is CC1CCC(n2c(CCCl)nc3cc(Cl)cnc32)CC1C. The molecule has 0 amide bonds. The molecule has 0 aliphatic heterocycles. The Morgan fingerprint density at radius 2 is 2.10 bits per heavy atom. The normalized spacial score (nSPS) is 26.4. The zero-order chi connectivity index (χ0) is 15.0. The number of hydrogen-bond donors (Lipinski definition) is 0. The van der Waals surface area contributed by atoms with Crippen molar-refractivity contribution < 1.29 is 0 Å². The number of aromatic nitrogens is 3. The molecule has 0 N–H and O–H groups in total. The first-order chi connectivity index (χ1) is 10.1. The lowest BCUT2D eigenvalue weighted by Crippen LogP contribution is -2.24. The van der Waals surface area contributed by atoms with Crippen molar-refractivity contribution in [2.24, 2.45) is 11.8 Å². The molecule has 0 aromatic carbocycles. The molecule has 0 radical (unpaired) electrons. The second-order valence-electron chi connectivity index (χ2n) is 6.25. The maximum absolute atomic E-state index is 6.05. The quantitative estimate of drug-likeness (QED) is 0.754. The van der Waals surface area contributed by atoms with Crippen LogP contribution in [0.1, 0.15) is 45.0 Å². The van der Waals surface area contributed by atoms with Crippen molar-refractivity contribution in [3.63, 3.8) is 0 Å². The maximum atomic E-state index is 6.05. The third-order valence-corrected chi connectivity index (χ3v) is 5.22. The summed E-state index contributed by atoms with van der Waals surface area (Å²) in [5, 5.41) is 0.634. The Kier molecular flexibility index (Phi) is 4.41. The number of pyridine rings is 1. The molecule has 3 nitrogen and oxygen atoms in total. The van der Waals surface area contributed by atoms with Crippen molar-refractivity contribution >= 4 is 34.4 Å². The summed E-state index contributed by atoms with van der Waals surface area (Å²) in [4.78, 5) is 9.24. The van der Waals surface area contributed by atoms with Crippen LogP contribution in [-0.4, -0.2) is 20.4 Å². The Bertz CT molecular complexity index is 638. The molecule has 1 aliphatic carbocycles. The molecule has 1 aliphatic rings. The largest absolute Gasteiger partial charge is 0.310 e. The van der Waals surface area contributed by atoms with Gasteiger partial charge < -0.3 is 4.57 Å². The van der Waals surface area contributed by atoms with Crippen LogP contribution in [0.25, 0.3) is 11.2 Å². The van der Waals surface area contributed by atoms with Crippen molar-refractivity contribution in [3.8, 4) is 0 Å². The van der Waals surface area contributed by atoms with Gasteiger partial charge in [0.05, 0.1) is 5.02 Å². The molecule has 3 rings (SSSR count). The van der Waals surface area contributed by atoms with Gasteiger partial charge in [-0.25, -0.2) is 9.97 Å². The van der Waals surface area contributed by atoms with E-state index in [0.29, 0.717) is 16.9 Å². The first-order valence-corrected chi connectivity index (χ1v) is 8.59. The van der Waals surface area contributed by atoms with E-state index in [-0.39, 0.29) is 0 Å². The smallest absolute Gasteiger partial charge is 0.160 e. The fraction of sp³-hybridized carbons (Fsp3) is 0.625. The van der Waals surface area contributed by atoms with Gasteiger partial charge in [-0.2, -0.15) is 0 Å². The summed E-state index contributed by atoms with van der Waals surface area (Å²) < 4.78 is 2.32. The second kappa shape index (κ2) is 6.13. The molecule has 1 fully saturated rings. The average molecular weight is 326 g/mol. The van der Waals surface area contributed by atoms with E-state index in [4.69, 9.17) is 28.2 Å². The van der Waals surface area contributed by atoms with Crippen LogP contribution in [0.2, 0.25) is 5.02 Å². The van der Waals surface area contributed by atoms with E-state index in [2.05, 4.69) is 23.4 Å². The predicted molar refractivity (Wildman–Crippen MR) is 88.2 cm³/mol. The Hall–Kier alpha value is -0.800. The highest BCUT2D eigenvalue weighted by Gasteiger charge is 2.28. The number of fused-ring (bicyclic) bond motifs is 1. The van der Waals surface area contributed by atoms with Gasteiger partial charge in [-0.15, -0.1) is 11.6 Å². The monoisotopic (exact) mass is 325 g/mol. The average Bonchev–Trinajstić information content (AvgIpc) is 2.79. The summed E-state index contributed by atoms with van der Waals surface area (Å²) in [5.74, 6) is 3.16. The lowest BCUT2D eigenvalue weighted by atomic mass is 9.79. The van der Waals surface area contributed by atoms with Crippen molar-refractivity contribution in [1.82, 2.24) is 14.5 Å². The second-order valence-corrected chi connectivity index (χ2v) is 7.07. The topological polar surface area (TPSA) is 30.7 Å². The van der Waals surface area contributed by atoms with Gasteiger partial charge in [0.1, 0.15) is 11.3 Å². The van der Waals surface area contributed by atoms with Crippen LogP contribution >= 0.6 is 23.2 Å². The van der Waals surface area contributed by atoms with E-state index in [1.165, 1.54) is 19.3 Å². The molecule has 2 heterocycles. The third-order valence-electron chi connectivity index (χ3n) is 4.82. The van der Waals surface area contributed by atoms with Gasteiger partial charge in [-0.1, -0.05) is 25.4 Å². The molecule has 5 heteroatoms. The van der Waals surface area contributed by atoms with Gasteiger partial charge in [0.15, 0.2) is 5.65 Å². The summed E-state index contributed by atoms with van der Waals surface area (Å²) in [6, 6.07) is 2.38. The number of hydrogen-bond acceptors (Lipinski definition) is 2. The van der Waals surface area contributed by atoms with Gasteiger partial charge in [0.2, 0.25) is 0 Å². The molecule has 21 heavy (non-hydrogen) atoms. The van der Waals surface area contributed by atoms with Crippen molar-refractivity contribution in [1.29, 1.82) is 0 Å². The lowest BCUT2D eigenvalue weighted by molar-refractivity contribution is 0.210. The van der Waals surface area contributed by atoms with E-state index in [1.54, 1.807) is 6.20 Å². The minimum Gasteiger partial charge on any atom is -0.310 e. The van der Waals surface area contributed by atoms with Gasteiger partial charge in [-0.05, 0) is 37.2 Å². The number of aryl methyl sites for hydroxylation is 1. The molecular weight excluding hydrogens is 305 g/mol. The van der Waals surface area contributed by atoms with Gasteiger partial charge in [0.25, 0.3) is 0 Å². The summed E-state index contributed by atoms with van der Waals surface area (Å²) in [5.41, 5.74) is 1.83. The molecule has 2 aromatic rings. The molecule has 0 spiro atoms. The Balaban J connectivity index is 2.04. The van der Waals surface area contributed by atoms with E-state index < -0.39 is 0 Å². The number of alkyl halides is 1. The van der Waals surface area contributed by atoms with Gasteiger partial charge in [-0.3, -0.25) is 0 Å². The van der Waals surface area contributed by atoms with Crippen LogP contribution in [-0.2, 0) is 6.42 Å². The van der Waals surface area contributed by atoms with Crippen LogP contribution in [0.15, 0.2) is 12.3 Å². The first-order valence-electron chi connectivity index (χ1n) is 7.68. The molecule has 1 saturated carbocycles. The highest BCUT2D eigenvalue weighted by atomic mass is 35.5. The minimum atomic E-state index is 0.480. The number of halogens is 2. The lowest BCUT2D eigenvalue weighted by Gasteiger charge is -2.33. The molecule has 2 aromatic heterocycles. The molecule has 0 saturated heterocycles. The Morgan fingerprint density at radius 1 is 1.29 bits per heavy atom. The van der Waals surface area contributed by atoms with Crippen LogP contribution in [0, 0.1) is 11.8 Å². The number of rotatable bonds is 3. The highest BCUT2D eigenvalue weighted by molar-refractivity contribution is 6.31. The summed E-state index contributed by atoms with van der Waals surface area (Å²) in [6.07, 6.45) is 6.12. The molecule has 114 valence electrons. The first kappa shape index (κ1) is 15.1. The van der Waals surface area contributed by atoms with Crippen LogP contribution in [0.5, 0.6) is 0 Å². The van der Waals surface area contributed by atoms with E-state index >= 15 is 0 Å². The Labute approximate surface area is 135 Å². The molecule has 3 atom stereocenters. The van der Waals surface area contributed by atoms with Crippen LogP contribution in [0.4, 0.5) is 0 Å². The van der Waals surface area contributed by atoms with Gasteiger partial charge >= 0.3 is 0 Å². The highest BCUT2D eigenvalue weighted by Crippen LogP contribution is 2.38. The summed E-state index contributed by atoms with van der Waals surface area (Å²) >= 11 is 12.0. The van der Waals surface area contributed by atoms with Crippen LogP contribution < -0.4 is 0 Å². The minimum absolute atomic E-state index is 0.480. The van der Waals surface area contributed by atoms with E-state index in [9.17, 15) is 0 Å². The Morgan fingerprint density at radius 3 is 2.81 bits per heavy atom. The number of imidazole rings is 1. The van der Waals surface area contributed by atoms with Crippen molar-refractivity contribution in [3.05, 3.63) is 23.1 Å². The molecular formula is C16H21Cl2N3. The van der Waals surface area contributed by atoms with Crippen molar-refractivity contribution in [2.75, 3.05) is 5.88 Å². The fourth-order valence-electron chi connectivity index (χ4n) is 3.40.